The third-order valence-electron chi connectivity index (χ3n) is 10.9. The molecular formula is C48H48P2. The van der Waals surface area contributed by atoms with Gasteiger partial charge in [-0.05, 0) is 160 Å². The van der Waals surface area contributed by atoms with Crippen LogP contribution in [0.4, 0.5) is 0 Å². The molecule has 6 aromatic rings. The second-order valence-electron chi connectivity index (χ2n) is 14.6. The van der Waals surface area contributed by atoms with Crippen LogP contribution in [0.5, 0.6) is 0 Å². The standard InChI is InChI=1S/C48H48P2/c1-33-13-23-39(24-14-33)49(40-25-15-34(2)16-26-40)45-31-21-37-9-5-7-11-43(37)47(45)48-44-12-8-6-10-38(44)22-32-46(48)50(41-27-17-35(3)18-28-41)42-29-19-36(4)20-30-42/h13-32H,5-12H2,1-4H3. The molecule has 2 heteroatoms. The van der Waals surface area contributed by atoms with E-state index in [2.05, 4.69) is 149 Å². The summed E-state index contributed by atoms with van der Waals surface area (Å²) in [5.74, 6) is 0. The van der Waals surface area contributed by atoms with Gasteiger partial charge >= 0.3 is 0 Å². The summed E-state index contributed by atoms with van der Waals surface area (Å²) in [6, 6.07) is 48.0. The third-order valence-corrected chi connectivity index (χ3v) is 15.9. The van der Waals surface area contributed by atoms with Crippen LogP contribution < -0.4 is 31.8 Å². The zero-order valence-corrected chi connectivity index (χ0v) is 31.9. The Hall–Kier alpha value is -3.82. The minimum Gasteiger partial charge on any atom is -0.0587 e. The number of hydrogen-bond acceptors (Lipinski definition) is 0. The van der Waals surface area contributed by atoms with Crippen molar-refractivity contribution >= 4 is 47.7 Å². The van der Waals surface area contributed by atoms with Crippen LogP contribution in [-0.2, 0) is 25.7 Å². The minimum atomic E-state index is -0.785. The van der Waals surface area contributed by atoms with Gasteiger partial charge < -0.3 is 0 Å². The van der Waals surface area contributed by atoms with E-state index in [1.54, 1.807) is 33.4 Å². The molecule has 8 rings (SSSR count). The Morgan fingerprint density at radius 3 is 0.900 bits per heavy atom. The molecule has 0 N–H and O–H groups in total. The highest BCUT2D eigenvalue weighted by atomic mass is 31.1. The molecule has 2 aliphatic carbocycles. The minimum absolute atomic E-state index is 0.785. The fourth-order valence-corrected chi connectivity index (χ4v) is 13.1. The lowest BCUT2D eigenvalue weighted by Crippen LogP contribution is -2.29. The topological polar surface area (TPSA) is 0 Å². The Morgan fingerprint density at radius 1 is 0.320 bits per heavy atom. The van der Waals surface area contributed by atoms with Crippen LogP contribution in [0.3, 0.4) is 0 Å². The van der Waals surface area contributed by atoms with Crippen molar-refractivity contribution in [2.45, 2.75) is 79.1 Å². The van der Waals surface area contributed by atoms with Crippen molar-refractivity contribution in [1.29, 1.82) is 0 Å². The van der Waals surface area contributed by atoms with Gasteiger partial charge in [0.05, 0.1) is 0 Å². The van der Waals surface area contributed by atoms with Crippen molar-refractivity contribution < 1.29 is 0 Å². The molecule has 0 atom stereocenters. The zero-order chi connectivity index (χ0) is 34.2. The summed E-state index contributed by atoms with van der Waals surface area (Å²) in [6.45, 7) is 8.85. The summed E-state index contributed by atoms with van der Waals surface area (Å²) in [7, 11) is -1.57. The van der Waals surface area contributed by atoms with Crippen LogP contribution in [0.1, 0.15) is 70.2 Å². The fraction of sp³-hybridized carbons (Fsp3) is 0.250. The molecule has 50 heavy (non-hydrogen) atoms. The smallest absolute Gasteiger partial charge is 0.00559 e. The normalized spacial score (nSPS) is 14.1. The first-order valence-electron chi connectivity index (χ1n) is 18.6. The number of benzene rings is 6. The highest BCUT2D eigenvalue weighted by Crippen LogP contribution is 2.46. The van der Waals surface area contributed by atoms with Gasteiger partial charge in [0.15, 0.2) is 0 Å². The Morgan fingerprint density at radius 2 is 0.600 bits per heavy atom. The van der Waals surface area contributed by atoms with Gasteiger partial charge in [0.2, 0.25) is 0 Å². The largest absolute Gasteiger partial charge is 0.0587 e. The molecule has 0 amide bonds. The summed E-state index contributed by atoms with van der Waals surface area (Å²) >= 11 is 0. The maximum Gasteiger partial charge on any atom is -0.00559 e. The SMILES string of the molecule is Cc1ccc(P(c2ccc(C)cc2)c2ccc3c(c2-c2c(P(c4ccc(C)cc4)c4ccc(C)cc4)ccc4c2CCCC4)CCCC3)cc1. The van der Waals surface area contributed by atoms with E-state index < -0.39 is 15.8 Å². The van der Waals surface area contributed by atoms with Gasteiger partial charge in [0.25, 0.3) is 0 Å². The Balaban J connectivity index is 1.47. The summed E-state index contributed by atoms with van der Waals surface area (Å²) < 4.78 is 0. The molecule has 0 saturated heterocycles. The summed E-state index contributed by atoms with van der Waals surface area (Å²) in [5, 5.41) is 8.84. The predicted octanol–water partition coefficient (Wildman–Crippen LogP) is 9.86. The average molecular weight is 687 g/mol. The van der Waals surface area contributed by atoms with E-state index in [4.69, 9.17) is 0 Å². The molecule has 0 fully saturated rings. The number of aryl methyl sites for hydroxylation is 6. The third kappa shape index (κ3) is 6.55. The first kappa shape index (κ1) is 33.3. The maximum atomic E-state index is 2.57. The van der Waals surface area contributed by atoms with E-state index in [1.807, 2.05) is 0 Å². The van der Waals surface area contributed by atoms with Gasteiger partial charge in [0, 0.05) is 0 Å². The van der Waals surface area contributed by atoms with Crippen molar-refractivity contribution in [2.24, 2.45) is 0 Å². The zero-order valence-electron chi connectivity index (χ0n) is 30.1. The summed E-state index contributed by atoms with van der Waals surface area (Å²) in [6.07, 6.45) is 9.82. The molecule has 0 heterocycles. The summed E-state index contributed by atoms with van der Waals surface area (Å²) in [5.41, 5.74) is 14.8. The lowest BCUT2D eigenvalue weighted by Gasteiger charge is -2.33. The Bertz CT molecular complexity index is 1870. The first-order chi connectivity index (χ1) is 24.4. The molecule has 6 aromatic carbocycles. The van der Waals surface area contributed by atoms with Crippen molar-refractivity contribution in [1.82, 2.24) is 0 Å². The van der Waals surface area contributed by atoms with Crippen molar-refractivity contribution in [3.8, 4) is 11.1 Å². The van der Waals surface area contributed by atoms with Gasteiger partial charge in [-0.1, -0.05) is 144 Å². The lowest BCUT2D eigenvalue weighted by atomic mass is 9.81. The number of fused-ring (bicyclic) bond motifs is 2. The van der Waals surface area contributed by atoms with Gasteiger partial charge in [0.1, 0.15) is 0 Å². The summed E-state index contributed by atoms with van der Waals surface area (Å²) in [4.78, 5) is 0. The molecule has 0 aliphatic heterocycles. The van der Waals surface area contributed by atoms with Crippen molar-refractivity contribution in [3.05, 3.63) is 166 Å². The van der Waals surface area contributed by atoms with Crippen LogP contribution in [0, 0.1) is 27.7 Å². The van der Waals surface area contributed by atoms with Gasteiger partial charge in [-0.2, -0.15) is 0 Å². The molecule has 2 aliphatic rings. The second kappa shape index (κ2) is 14.4. The molecule has 0 saturated carbocycles. The number of hydrogen-bond donors (Lipinski definition) is 0. The predicted molar refractivity (Wildman–Crippen MR) is 222 cm³/mol. The van der Waals surface area contributed by atoms with E-state index in [0.717, 1.165) is 0 Å². The highest BCUT2D eigenvalue weighted by molar-refractivity contribution is 7.80. The fourth-order valence-electron chi connectivity index (χ4n) is 8.19. The second-order valence-corrected chi connectivity index (χ2v) is 19.0. The average Bonchev–Trinajstić information content (AvgIpc) is 3.15. The van der Waals surface area contributed by atoms with E-state index in [1.165, 1.54) is 105 Å². The van der Waals surface area contributed by atoms with Crippen LogP contribution in [0.2, 0.25) is 0 Å². The van der Waals surface area contributed by atoms with Crippen LogP contribution in [0.25, 0.3) is 11.1 Å². The van der Waals surface area contributed by atoms with Crippen LogP contribution in [-0.4, -0.2) is 0 Å². The molecule has 0 nitrogen and oxygen atoms in total. The maximum absolute atomic E-state index is 2.57. The van der Waals surface area contributed by atoms with Crippen LogP contribution in [0.15, 0.2) is 121 Å². The number of rotatable bonds is 7. The quantitative estimate of drug-likeness (QED) is 0.147. The van der Waals surface area contributed by atoms with Gasteiger partial charge in [-0.3, -0.25) is 0 Å². The molecule has 0 unspecified atom stereocenters. The molecular weight excluding hydrogens is 638 g/mol. The first-order valence-corrected chi connectivity index (χ1v) is 21.3. The van der Waals surface area contributed by atoms with Gasteiger partial charge in [-0.25, -0.2) is 0 Å². The molecule has 0 aromatic heterocycles. The van der Waals surface area contributed by atoms with Crippen molar-refractivity contribution in [2.75, 3.05) is 0 Å². The Kier molecular flexibility index (Phi) is 9.62. The van der Waals surface area contributed by atoms with Crippen molar-refractivity contribution in [3.63, 3.8) is 0 Å². The molecule has 0 spiro atoms. The molecule has 250 valence electrons. The lowest BCUT2D eigenvalue weighted by molar-refractivity contribution is 0.682. The molecule has 0 radical (unpaired) electrons. The van der Waals surface area contributed by atoms with E-state index >= 15 is 0 Å². The van der Waals surface area contributed by atoms with Crippen LogP contribution >= 0.6 is 15.8 Å². The van der Waals surface area contributed by atoms with E-state index in [0.29, 0.717) is 0 Å². The highest BCUT2D eigenvalue weighted by Gasteiger charge is 2.31. The molecule has 0 bridgehead atoms. The Labute approximate surface area is 302 Å². The van der Waals surface area contributed by atoms with E-state index in [-0.39, 0.29) is 0 Å². The monoisotopic (exact) mass is 686 g/mol. The van der Waals surface area contributed by atoms with E-state index in [9.17, 15) is 0 Å². The van der Waals surface area contributed by atoms with Gasteiger partial charge in [-0.15, -0.1) is 0 Å².